The van der Waals surface area contributed by atoms with Gasteiger partial charge in [-0.05, 0) is 37.9 Å². The molecule has 0 saturated carbocycles. The Labute approximate surface area is 108 Å². The summed E-state index contributed by atoms with van der Waals surface area (Å²) < 4.78 is 5.47. The van der Waals surface area contributed by atoms with Gasteiger partial charge in [-0.1, -0.05) is 6.07 Å². The Kier molecular flexibility index (Phi) is 4.50. The molecule has 18 heavy (non-hydrogen) atoms. The van der Waals surface area contributed by atoms with Crippen molar-refractivity contribution >= 4 is 0 Å². The quantitative estimate of drug-likeness (QED) is 0.846. The number of hydrogen-bond donors (Lipinski definition) is 1. The van der Waals surface area contributed by atoms with Crippen molar-refractivity contribution in [2.24, 2.45) is 0 Å². The van der Waals surface area contributed by atoms with Crippen molar-refractivity contribution in [1.82, 2.24) is 15.2 Å². The van der Waals surface area contributed by atoms with E-state index >= 15 is 0 Å². The highest BCUT2D eigenvalue weighted by Gasteiger charge is 2.15. The van der Waals surface area contributed by atoms with E-state index in [4.69, 9.17) is 4.42 Å². The highest BCUT2D eigenvalue weighted by atomic mass is 16.3. The Bertz CT molecular complexity index is 439. The lowest BCUT2D eigenvalue weighted by molar-refractivity contribution is 0.250. The van der Waals surface area contributed by atoms with Gasteiger partial charge in [0.05, 0.1) is 12.3 Å². The van der Waals surface area contributed by atoms with Gasteiger partial charge in [0.25, 0.3) is 0 Å². The maximum Gasteiger partial charge on any atom is 0.122 e. The molecule has 0 amide bonds. The zero-order valence-electron chi connectivity index (χ0n) is 10.8. The van der Waals surface area contributed by atoms with E-state index in [-0.39, 0.29) is 6.04 Å². The van der Waals surface area contributed by atoms with Crippen molar-refractivity contribution < 1.29 is 4.42 Å². The molecule has 96 valence electrons. The average Bonchev–Trinajstić information content (AvgIpc) is 2.89. The maximum atomic E-state index is 5.47. The van der Waals surface area contributed by atoms with E-state index in [1.807, 2.05) is 24.4 Å². The Morgan fingerprint density at radius 2 is 2.22 bits per heavy atom. The number of pyridine rings is 1. The SMILES string of the molecule is CN(C)C(CNCc1cccnc1)c1ccco1. The standard InChI is InChI=1S/C14H19N3O/c1-17(2)13(14-6-4-8-18-14)11-16-10-12-5-3-7-15-9-12/h3-9,13,16H,10-11H2,1-2H3. The minimum Gasteiger partial charge on any atom is -0.468 e. The van der Waals surface area contributed by atoms with Gasteiger partial charge in [-0.2, -0.15) is 0 Å². The van der Waals surface area contributed by atoms with Gasteiger partial charge in [-0.15, -0.1) is 0 Å². The van der Waals surface area contributed by atoms with E-state index < -0.39 is 0 Å². The van der Waals surface area contributed by atoms with E-state index in [1.54, 1.807) is 12.5 Å². The molecule has 2 heterocycles. The monoisotopic (exact) mass is 245 g/mol. The molecule has 0 saturated heterocycles. The molecule has 0 radical (unpaired) electrons. The first kappa shape index (κ1) is 12.8. The molecule has 4 heteroatoms. The van der Waals surface area contributed by atoms with Gasteiger partial charge in [-0.3, -0.25) is 9.88 Å². The minimum atomic E-state index is 0.247. The Morgan fingerprint density at radius 3 is 2.83 bits per heavy atom. The topological polar surface area (TPSA) is 41.3 Å². The molecule has 4 nitrogen and oxygen atoms in total. The van der Waals surface area contributed by atoms with Crippen LogP contribution in [0.25, 0.3) is 0 Å². The second-order valence-corrected chi connectivity index (χ2v) is 4.49. The number of aromatic nitrogens is 1. The van der Waals surface area contributed by atoms with E-state index in [0.717, 1.165) is 18.8 Å². The Balaban J connectivity index is 1.87. The van der Waals surface area contributed by atoms with Crippen molar-refractivity contribution in [3.8, 4) is 0 Å². The molecule has 1 unspecified atom stereocenters. The van der Waals surface area contributed by atoms with Crippen molar-refractivity contribution in [3.63, 3.8) is 0 Å². The summed E-state index contributed by atoms with van der Waals surface area (Å²) in [5, 5.41) is 3.43. The van der Waals surface area contributed by atoms with Gasteiger partial charge in [0.2, 0.25) is 0 Å². The highest BCUT2D eigenvalue weighted by Crippen LogP contribution is 2.17. The third-order valence-corrected chi connectivity index (χ3v) is 2.88. The van der Waals surface area contributed by atoms with Gasteiger partial charge < -0.3 is 9.73 Å². The lowest BCUT2D eigenvalue weighted by atomic mass is 10.2. The van der Waals surface area contributed by atoms with Crippen LogP contribution in [-0.4, -0.2) is 30.5 Å². The number of nitrogens with zero attached hydrogens (tertiary/aromatic N) is 2. The number of nitrogens with one attached hydrogen (secondary N) is 1. The van der Waals surface area contributed by atoms with Crippen LogP contribution >= 0.6 is 0 Å². The molecule has 1 N–H and O–H groups in total. The second kappa shape index (κ2) is 6.33. The summed E-state index contributed by atoms with van der Waals surface area (Å²) in [4.78, 5) is 6.25. The number of rotatable bonds is 6. The van der Waals surface area contributed by atoms with Crippen LogP contribution in [-0.2, 0) is 6.54 Å². The molecule has 0 aliphatic rings. The number of furan rings is 1. The summed E-state index contributed by atoms with van der Waals surface area (Å²) in [6.07, 6.45) is 5.38. The maximum absolute atomic E-state index is 5.47. The second-order valence-electron chi connectivity index (χ2n) is 4.49. The summed E-state index contributed by atoms with van der Waals surface area (Å²) in [5.41, 5.74) is 1.19. The van der Waals surface area contributed by atoms with Gasteiger partial charge in [0.15, 0.2) is 0 Å². The predicted octanol–water partition coefficient (Wildman–Crippen LogP) is 2.07. The first-order valence-electron chi connectivity index (χ1n) is 6.07. The molecule has 0 spiro atoms. The smallest absolute Gasteiger partial charge is 0.122 e. The third kappa shape index (κ3) is 3.42. The Hall–Kier alpha value is -1.65. The van der Waals surface area contributed by atoms with Crippen LogP contribution in [0.3, 0.4) is 0 Å². The van der Waals surface area contributed by atoms with Crippen LogP contribution in [0.1, 0.15) is 17.4 Å². The van der Waals surface area contributed by atoms with E-state index in [2.05, 4.69) is 35.4 Å². The molecular formula is C14H19N3O. The lowest BCUT2D eigenvalue weighted by Crippen LogP contribution is -2.30. The molecule has 0 bridgehead atoms. The van der Waals surface area contributed by atoms with Crippen LogP contribution in [0.15, 0.2) is 47.3 Å². The summed E-state index contributed by atoms with van der Waals surface area (Å²) in [6.45, 7) is 1.66. The van der Waals surface area contributed by atoms with Crippen molar-refractivity contribution in [3.05, 3.63) is 54.2 Å². The molecule has 0 fully saturated rings. The zero-order valence-corrected chi connectivity index (χ0v) is 10.8. The van der Waals surface area contributed by atoms with E-state index in [1.165, 1.54) is 5.56 Å². The van der Waals surface area contributed by atoms with Crippen molar-refractivity contribution in [1.29, 1.82) is 0 Å². The molecule has 2 aromatic heterocycles. The average molecular weight is 245 g/mol. The van der Waals surface area contributed by atoms with Crippen LogP contribution in [0.2, 0.25) is 0 Å². The third-order valence-electron chi connectivity index (χ3n) is 2.88. The summed E-state index contributed by atoms with van der Waals surface area (Å²) in [6, 6.07) is 8.20. The first-order chi connectivity index (χ1) is 8.77. The molecule has 2 rings (SSSR count). The van der Waals surface area contributed by atoms with Gasteiger partial charge >= 0.3 is 0 Å². The normalized spacial score (nSPS) is 12.8. The van der Waals surface area contributed by atoms with E-state index in [9.17, 15) is 0 Å². The number of hydrogen-bond acceptors (Lipinski definition) is 4. The Morgan fingerprint density at radius 1 is 1.33 bits per heavy atom. The fourth-order valence-corrected chi connectivity index (χ4v) is 1.87. The first-order valence-corrected chi connectivity index (χ1v) is 6.07. The van der Waals surface area contributed by atoms with E-state index in [0.29, 0.717) is 0 Å². The van der Waals surface area contributed by atoms with Gasteiger partial charge in [0.1, 0.15) is 5.76 Å². The summed E-state index contributed by atoms with van der Waals surface area (Å²) in [7, 11) is 4.11. The molecular weight excluding hydrogens is 226 g/mol. The van der Waals surface area contributed by atoms with Crippen LogP contribution < -0.4 is 5.32 Å². The lowest BCUT2D eigenvalue weighted by Gasteiger charge is -2.22. The van der Waals surface area contributed by atoms with Gasteiger partial charge in [-0.25, -0.2) is 0 Å². The number of likely N-dealkylation sites (N-methyl/N-ethyl adjacent to an activating group) is 1. The zero-order chi connectivity index (χ0) is 12.8. The summed E-state index contributed by atoms with van der Waals surface area (Å²) in [5.74, 6) is 0.985. The highest BCUT2D eigenvalue weighted by molar-refractivity contribution is 5.09. The van der Waals surface area contributed by atoms with Crippen molar-refractivity contribution in [2.75, 3.05) is 20.6 Å². The predicted molar refractivity (Wildman–Crippen MR) is 71.1 cm³/mol. The van der Waals surface area contributed by atoms with Gasteiger partial charge in [0, 0.05) is 25.5 Å². The molecule has 1 atom stereocenters. The molecule has 0 aromatic carbocycles. The minimum absolute atomic E-state index is 0.247. The molecule has 2 aromatic rings. The van der Waals surface area contributed by atoms with Crippen LogP contribution in [0, 0.1) is 0 Å². The summed E-state index contributed by atoms with van der Waals surface area (Å²) >= 11 is 0. The molecule has 0 aliphatic heterocycles. The largest absolute Gasteiger partial charge is 0.468 e. The van der Waals surface area contributed by atoms with Crippen LogP contribution in [0.4, 0.5) is 0 Å². The molecule has 0 aliphatic carbocycles. The van der Waals surface area contributed by atoms with Crippen LogP contribution in [0.5, 0.6) is 0 Å². The van der Waals surface area contributed by atoms with Crippen molar-refractivity contribution in [2.45, 2.75) is 12.6 Å². The fraction of sp³-hybridized carbons (Fsp3) is 0.357. The fourth-order valence-electron chi connectivity index (χ4n) is 1.87.